The zero-order valence-corrected chi connectivity index (χ0v) is 23.5. The standard InChI is InChI=1S/C31H21BrClN3O4/c1-38-27-7-4-8-28-24(27)16-29(40-28)30-35-25-6-3-2-5-23(25)31(37)36(30)34-17-20-15-21(32)11-14-26(20)39-18-19-9-12-22(33)13-10-19/h2-17H,18H2,1H3. The van der Waals surface area contributed by atoms with Crippen LogP contribution in [-0.2, 0) is 6.61 Å². The molecule has 0 unspecified atom stereocenters. The van der Waals surface area contributed by atoms with Gasteiger partial charge in [-0.05, 0) is 66.2 Å². The van der Waals surface area contributed by atoms with Gasteiger partial charge in [-0.3, -0.25) is 4.79 Å². The fraction of sp³-hybridized carbons (Fsp3) is 0.0645. The number of halogens is 2. The number of nitrogens with zero attached hydrogens (tertiary/aromatic N) is 3. The van der Waals surface area contributed by atoms with E-state index in [0.717, 1.165) is 15.4 Å². The number of rotatable bonds is 7. The summed E-state index contributed by atoms with van der Waals surface area (Å²) in [5.74, 6) is 1.89. The van der Waals surface area contributed by atoms with Crippen molar-refractivity contribution in [3.63, 3.8) is 0 Å². The molecule has 4 aromatic carbocycles. The third-order valence-corrected chi connectivity index (χ3v) is 7.05. The Morgan fingerprint density at radius 3 is 2.62 bits per heavy atom. The van der Waals surface area contributed by atoms with Crippen LogP contribution < -0.4 is 15.0 Å². The Labute approximate surface area is 242 Å². The summed E-state index contributed by atoms with van der Waals surface area (Å²) in [6, 6.07) is 27.5. The van der Waals surface area contributed by atoms with E-state index in [4.69, 9.17) is 30.5 Å². The highest BCUT2D eigenvalue weighted by Gasteiger charge is 2.18. The fourth-order valence-corrected chi connectivity index (χ4v) is 4.83. The van der Waals surface area contributed by atoms with Crippen molar-refractivity contribution in [2.75, 3.05) is 7.11 Å². The van der Waals surface area contributed by atoms with E-state index in [1.807, 2.05) is 66.7 Å². The maximum atomic E-state index is 13.7. The van der Waals surface area contributed by atoms with Crippen LogP contribution in [0.5, 0.6) is 11.5 Å². The van der Waals surface area contributed by atoms with E-state index in [1.165, 1.54) is 4.68 Å². The molecule has 0 spiro atoms. The molecule has 0 aliphatic rings. The average molecular weight is 615 g/mol. The van der Waals surface area contributed by atoms with E-state index < -0.39 is 0 Å². The number of hydrogen-bond donors (Lipinski definition) is 0. The number of aromatic nitrogens is 2. The highest BCUT2D eigenvalue weighted by Crippen LogP contribution is 2.33. The van der Waals surface area contributed by atoms with Crippen molar-refractivity contribution >= 4 is 55.6 Å². The van der Waals surface area contributed by atoms with Crippen molar-refractivity contribution in [1.82, 2.24) is 9.66 Å². The Kier molecular flexibility index (Phi) is 7.11. The maximum Gasteiger partial charge on any atom is 0.282 e. The third-order valence-electron chi connectivity index (χ3n) is 6.31. The first kappa shape index (κ1) is 25.9. The number of furan rings is 1. The van der Waals surface area contributed by atoms with Gasteiger partial charge in [-0.25, -0.2) is 4.98 Å². The van der Waals surface area contributed by atoms with Crippen LogP contribution in [0.1, 0.15) is 11.1 Å². The average Bonchev–Trinajstić information content (AvgIpc) is 3.41. The van der Waals surface area contributed by atoms with Crippen molar-refractivity contribution in [3.05, 3.63) is 122 Å². The minimum atomic E-state index is -0.331. The first-order chi connectivity index (χ1) is 19.5. The van der Waals surface area contributed by atoms with Crippen LogP contribution in [0.4, 0.5) is 0 Å². The van der Waals surface area contributed by atoms with Crippen LogP contribution >= 0.6 is 27.5 Å². The van der Waals surface area contributed by atoms with Crippen LogP contribution in [0.25, 0.3) is 33.5 Å². The summed E-state index contributed by atoms with van der Waals surface area (Å²) < 4.78 is 19.8. The molecular weight excluding hydrogens is 594 g/mol. The van der Waals surface area contributed by atoms with E-state index >= 15 is 0 Å². The molecule has 7 nitrogen and oxygen atoms in total. The lowest BCUT2D eigenvalue weighted by molar-refractivity contribution is 0.305. The Hall–Kier alpha value is -4.40. The largest absolute Gasteiger partial charge is 0.496 e. The van der Waals surface area contributed by atoms with E-state index in [1.54, 1.807) is 37.6 Å². The Balaban J connectivity index is 1.44. The second-order valence-corrected chi connectivity index (χ2v) is 10.2. The van der Waals surface area contributed by atoms with Gasteiger partial charge >= 0.3 is 0 Å². The van der Waals surface area contributed by atoms with Gasteiger partial charge < -0.3 is 13.9 Å². The van der Waals surface area contributed by atoms with Crippen molar-refractivity contribution < 1.29 is 13.9 Å². The molecule has 0 saturated carbocycles. The molecule has 0 fully saturated rings. The monoisotopic (exact) mass is 613 g/mol. The summed E-state index contributed by atoms with van der Waals surface area (Å²) in [6.07, 6.45) is 1.58. The van der Waals surface area contributed by atoms with Crippen molar-refractivity contribution in [2.45, 2.75) is 6.61 Å². The van der Waals surface area contributed by atoms with Gasteiger partial charge in [-0.15, -0.1) is 0 Å². The molecule has 2 heterocycles. The summed E-state index contributed by atoms with van der Waals surface area (Å²) in [5, 5.41) is 6.45. The molecule has 6 aromatic rings. The number of fused-ring (bicyclic) bond motifs is 2. The molecule has 6 rings (SSSR count). The number of methoxy groups -OCH3 is 1. The summed E-state index contributed by atoms with van der Waals surface area (Å²) >= 11 is 9.52. The van der Waals surface area contributed by atoms with E-state index in [2.05, 4.69) is 21.0 Å². The predicted molar refractivity (Wildman–Crippen MR) is 161 cm³/mol. The first-order valence-electron chi connectivity index (χ1n) is 12.3. The second kappa shape index (κ2) is 11.0. The molecule has 9 heteroatoms. The van der Waals surface area contributed by atoms with Crippen molar-refractivity contribution in [3.8, 4) is 23.1 Å². The molecule has 0 bridgehead atoms. The fourth-order valence-electron chi connectivity index (χ4n) is 4.33. The summed E-state index contributed by atoms with van der Waals surface area (Å²) in [6.45, 7) is 0.336. The smallest absolute Gasteiger partial charge is 0.282 e. The minimum Gasteiger partial charge on any atom is -0.496 e. The van der Waals surface area contributed by atoms with Crippen LogP contribution in [0.15, 0.2) is 110 Å². The lowest BCUT2D eigenvalue weighted by atomic mass is 10.2. The Morgan fingerprint density at radius 2 is 1.80 bits per heavy atom. The van der Waals surface area contributed by atoms with Crippen LogP contribution in [0.2, 0.25) is 5.02 Å². The quantitative estimate of drug-likeness (QED) is 0.172. The first-order valence-corrected chi connectivity index (χ1v) is 13.5. The summed E-state index contributed by atoms with van der Waals surface area (Å²) in [5.41, 5.74) is 2.45. The molecule has 0 atom stereocenters. The summed E-state index contributed by atoms with van der Waals surface area (Å²) in [4.78, 5) is 18.4. The normalized spacial score (nSPS) is 11.5. The molecule has 0 aliphatic heterocycles. The van der Waals surface area contributed by atoms with Gasteiger partial charge in [0.25, 0.3) is 5.56 Å². The predicted octanol–water partition coefficient (Wildman–Crippen LogP) is 7.70. The van der Waals surface area contributed by atoms with Crippen LogP contribution in [0.3, 0.4) is 0 Å². The van der Waals surface area contributed by atoms with E-state index in [9.17, 15) is 4.79 Å². The van der Waals surface area contributed by atoms with Crippen molar-refractivity contribution in [2.24, 2.45) is 5.10 Å². The van der Waals surface area contributed by atoms with Gasteiger partial charge in [0.2, 0.25) is 5.82 Å². The van der Waals surface area contributed by atoms with Gasteiger partial charge in [0, 0.05) is 15.1 Å². The molecule has 0 N–H and O–H groups in total. The topological polar surface area (TPSA) is 78.9 Å². The molecule has 0 amide bonds. The minimum absolute atomic E-state index is 0.261. The van der Waals surface area contributed by atoms with Gasteiger partial charge in [0.05, 0.1) is 29.6 Å². The maximum absolute atomic E-state index is 13.7. The molecular formula is C31H21BrClN3O4. The Bertz CT molecular complexity index is 1950. The molecule has 0 radical (unpaired) electrons. The number of para-hydroxylation sites is 1. The van der Waals surface area contributed by atoms with E-state index in [0.29, 0.717) is 50.9 Å². The lowest BCUT2D eigenvalue weighted by Crippen LogP contribution is -2.20. The molecule has 198 valence electrons. The van der Waals surface area contributed by atoms with Crippen LogP contribution in [0, 0.1) is 0 Å². The second-order valence-electron chi connectivity index (χ2n) is 8.89. The highest BCUT2D eigenvalue weighted by atomic mass is 79.9. The summed E-state index contributed by atoms with van der Waals surface area (Å²) in [7, 11) is 1.60. The van der Waals surface area contributed by atoms with Gasteiger partial charge in [0.1, 0.15) is 23.7 Å². The zero-order chi connectivity index (χ0) is 27.6. The SMILES string of the molecule is COc1cccc2oc(-c3nc4ccccc4c(=O)n3N=Cc3cc(Br)ccc3OCc3ccc(Cl)cc3)cc12. The van der Waals surface area contributed by atoms with Gasteiger partial charge in [0.15, 0.2) is 5.76 Å². The zero-order valence-electron chi connectivity index (χ0n) is 21.2. The molecule has 40 heavy (non-hydrogen) atoms. The van der Waals surface area contributed by atoms with Gasteiger partial charge in [-0.1, -0.05) is 57.9 Å². The van der Waals surface area contributed by atoms with E-state index in [-0.39, 0.29) is 11.4 Å². The molecule has 0 aliphatic carbocycles. The van der Waals surface area contributed by atoms with Gasteiger partial charge in [-0.2, -0.15) is 9.78 Å². The number of hydrogen-bond acceptors (Lipinski definition) is 6. The molecule has 0 saturated heterocycles. The Morgan fingerprint density at radius 1 is 0.975 bits per heavy atom. The third kappa shape index (κ3) is 5.11. The van der Waals surface area contributed by atoms with Crippen molar-refractivity contribution in [1.29, 1.82) is 0 Å². The number of benzene rings is 4. The highest BCUT2D eigenvalue weighted by molar-refractivity contribution is 9.10. The molecule has 2 aromatic heterocycles. The lowest BCUT2D eigenvalue weighted by Gasteiger charge is -2.11. The number of ether oxygens (including phenoxy) is 2. The van der Waals surface area contributed by atoms with Crippen LogP contribution in [-0.4, -0.2) is 23.0 Å².